The third-order valence-corrected chi connectivity index (χ3v) is 3.76. The van der Waals surface area contributed by atoms with Crippen LogP contribution in [0.5, 0.6) is 0 Å². The predicted molar refractivity (Wildman–Crippen MR) is 67.7 cm³/mol. The molecule has 4 nitrogen and oxygen atoms in total. The maximum Gasteiger partial charge on any atom is 0.144 e. The lowest BCUT2D eigenvalue weighted by atomic mass is 9.72. The van der Waals surface area contributed by atoms with Gasteiger partial charge >= 0.3 is 0 Å². The molecule has 94 valence electrons. The summed E-state index contributed by atoms with van der Waals surface area (Å²) in [6.07, 6.45) is 12.3. The van der Waals surface area contributed by atoms with Crippen molar-refractivity contribution in [3.05, 3.63) is 18.6 Å². The van der Waals surface area contributed by atoms with Crippen LogP contribution in [0.25, 0.3) is 0 Å². The standard InChI is InChI=1S/C13H21N3O/c17-9-6-13(4-2-1-3-5-13)11-16-12-10-14-7-8-15-12/h7-8,10,17H,1-6,9,11H2,(H,15,16). The first kappa shape index (κ1) is 12.3. The van der Waals surface area contributed by atoms with Crippen LogP contribution >= 0.6 is 0 Å². The number of nitrogens with zero attached hydrogens (tertiary/aromatic N) is 2. The fourth-order valence-electron chi connectivity index (χ4n) is 2.72. The van der Waals surface area contributed by atoms with Gasteiger partial charge in [-0.15, -0.1) is 0 Å². The normalized spacial score (nSPS) is 18.9. The zero-order valence-electron chi connectivity index (χ0n) is 10.2. The van der Waals surface area contributed by atoms with E-state index in [1.165, 1.54) is 32.1 Å². The van der Waals surface area contributed by atoms with Crippen molar-refractivity contribution in [2.24, 2.45) is 5.41 Å². The van der Waals surface area contributed by atoms with Gasteiger partial charge in [0.15, 0.2) is 0 Å². The van der Waals surface area contributed by atoms with E-state index in [0.29, 0.717) is 0 Å². The molecule has 0 bridgehead atoms. The Balaban J connectivity index is 1.93. The Morgan fingerprint density at radius 3 is 2.71 bits per heavy atom. The maximum atomic E-state index is 9.23. The molecule has 2 rings (SSSR count). The molecule has 0 saturated heterocycles. The largest absolute Gasteiger partial charge is 0.396 e. The number of aliphatic hydroxyl groups excluding tert-OH is 1. The van der Waals surface area contributed by atoms with Gasteiger partial charge in [0.2, 0.25) is 0 Å². The van der Waals surface area contributed by atoms with E-state index in [2.05, 4.69) is 15.3 Å². The second-order valence-corrected chi connectivity index (χ2v) is 4.98. The highest BCUT2D eigenvalue weighted by Crippen LogP contribution is 2.39. The van der Waals surface area contributed by atoms with Crippen LogP contribution in [0.3, 0.4) is 0 Å². The van der Waals surface area contributed by atoms with Crippen molar-refractivity contribution in [3.63, 3.8) is 0 Å². The number of nitrogens with one attached hydrogen (secondary N) is 1. The van der Waals surface area contributed by atoms with Crippen LogP contribution in [0.15, 0.2) is 18.6 Å². The third kappa shape index (κ3) is 3.40. The SMILES string of the molecule is OCCC1(CNc2cnccn2)CCCCC1. The summed E-state index contributed by atoms with van der Waals surface area (Å²) in [5.74, 6) is 0.829. The summed E-state index contributed by atoms with van der Waals surface area (Å²) < 4.78 is 0. The molecule has 1 aliphatic rings. The van der Waals surface area contributed by atoms with Crippen LogP contribution in [-0.4, -0.2) is 28.2 Å². The zero-order chi connectivity index (χ0) is 12.0. The Hall–Kier alpha value is -1.16. The topological polar surface area (TPSA) is 58.0 Å². The van der Waals surface area contributed by atoms with Crippen molar-refractivity contribution in [1.82, 2.24) is 9.97 Å². The van der Waals surface area contributed by atoms with E-state index in [1.807, 2.05) is 0 Å². The number of hydrogen-bond acceptors (Lipinski definition) is 4. The Bertz CT molecular complexity index is 317. The smallest absolute Gasteiger partial charge is 0.144 e. The first-order valence-electron chi connectivity index (χ1n) is 6.45. The Labute approximate surface area is 102 Å². The van der Waals surface area contributed by atoms with Crippen molar-refractivity contribution < 1.29 is 5.11 Å². The average Bonchev–Trinajstić information content (AvgIpc) is 2.39. The molecule has 1 saturated carbocycles. The van der Waals surface area contributed by atoms with E-state index in [4.69, 9.17) is 0 Å². The minimum absolute atomic E-state index is 0.254. The summed E-state index contributed by atoms with van der Waals surface area (Å²) in [7, 11) is 0. The molecular weight excluding hydrogens is 214 g/mol. The average molecular weight is 235 g/mol. The summed E-state index contributed by atoms with van der Waals surface area (Å²) in [5, 5.41) is 12.6. The van der Waals surface area contributed by atoms with E-state index >= 15 is 0 Å². The predicted octanol–water partition coefficient (Wildman–Crippen LogP) is 2.22. The van der Waals surface area contributed by atoms with Crippen LogP contribution in [-0.2, 0) is 0 Å². The summed E-state index contributed by atoms with van der Waals surface area (Å²) >= 11 is 0. The number of aliphatic hydroxyl groups is 1. The number of rotatable bonds is 5. The van der Waals surface area contributed by atoms with Gasteiger partial charge in [-0.05, 0) is 24.7 Å². The first-order valence-corrected chi connectivity index (χ1v) is 6.45. The lowest BCUT2D eigenvalue weighted by molar-refractivity contribution is 0.141. The van der Waals surface area contributed by atoms with Crippen LogP contribution < -0.4 is 5.32 Å². The lowest BCUT2D eigenvalue weighted by Gasteiger charge is -2.37. The van der Waals surface area contributed by atoms with Gasteiger partial charge in [0.1, 0.15) is 5.82 Å². The summed E-state index contributed by atoms with van der Waals surface area (Å²) in [6.45, 7) is 1.18. The monoisotopic (exact) mass is 235 g/mol. The minimum atomic E-state index is 0.254. The van der Waals surface area contributed by atoms with E-state index in [9.17, 15) is 5.11 Å². The molecule has 1 aromatic heterocycles. The zero-order valence-corrected chi connectivity index (χ0v) is 10.2. The molecule has 0 unspecified atom stereocenters. The highest BCUT2D eigenvalue weighted by Gasteiger charge is 2.31. The van der Waals surface area contributed by atoms with Gasteiger partial charge in [-0.25, -0.2) is 4.98 Å². The summed E-state index contributed by atoms with van der Waals surface area (Å²) in [4.78, 5) is 8.26. The molecule has 0 aliphatic heterocycles. The molecule has 17 heavy (non-hydrogen) atoms. The highest BCUT2D eigenvalue weighted by atomic mass is 16.3. The van der Waals surface area contributed by atoms with Gasteiger partial charge < -0.3 is 10.4 Å². The van der Waals surface area contributed by atoms with Crippen LogP contribution in [0, 0.1) is 5.41 Å². The molecule has 1 aromatic rings. The Morgan fingerprint density at radius 1 is 1.24 bits per heavy atom. The van der Waals surface area contributed by atoms with Gasteiger partial charge in [-0.3, -0.25) is 4.98 Å². The molecule has 0 atom stereocenters. The van der Waals surface area contributed by atoms with Gasteiger partial charge in [0, 0.05) is 25.5 Å². The van der Waals surface area contributed by atoms with Gasteiger partial charge in [0.25, 0.3) is 0 Å². The molecule has 0 spiro atoms. The van der Waals surface area contributed by atoms with Crippen molar-refractivity contribution in [2.45, 2.75) is 38.5 Å². The molecule has 1 heterocycles. The van der Waals surface area contributed by atoms with E-state index in [0.717, 1.165) is 18.8 Å². The maximum absolute atomic E-state index is 9.23. The number of hydrogen-bond donors (Lipinski definition) is 2. The second-order valence-electron chi connectivity index (χ2n) is 4.98. The first-order chi connectivity index (χ1) is 8.35. The van der Waals surface area contributed by atoms with E-state index < -0.39 is 0 Å². The van der Waals surface area contributed by atoms with Gasteiger partial charge in [-0.2, -0.15) is 0 Å². The molecule has 2 N–H and O–H groups in total. The molecule has 1 fully saturated rings. The molecule has 4 heteroatoms. The molecule has 0 aromatic carbocycles. The van der Waals surface area contributed by atoms with Gasteiger partial charge in [0.05, 0.1) is 6.20 Å². The lowest BCUT2D eigenvalue weighted by Crippen LogP contribution is -2.33. The van der Waals surface area contributed by atoms with Crippen LogP contribution in [0.1, 0.15) is 38.5 Å². The molecular formula is C13H21N3O. The molecule has 0 radical (unpaired) electrons. The van der Waals surface area contributed by atoms with Crippen LogP contribution in [0.4, 0.5) is 5.82 Å². The molecule has 0 amide bonds. The van der Waals surface area contributed by atoms with Crippen LogP contribution in [0.2, 0.25) is 0 Å². The third-order valence-electron chi connectivity index (χ3n) is 3.76. The van der Waals surface area contributed by atoms with Crippen molar-refractivity contribution in [3.8, 4) is 0 Å². The fraction of sp³-hybridized carbons (Fsp3) is 0.692. The van der Waals surface area contributed by atoms with Crippen molar-refractivity contribution in [1.29, 1.82) is 0 Å². The quantitative estimate of drug-likeness (QED) is 0.821. The van der Waals surface area contributed by atoms with Crippen molar-refractivity contribution >= 4 is 5.82 Å². The Morgan fingerprint density at radius 2 is 2.06 bits per heavy atom. The molecule has 1 aliphatic carbocycles. The Kier molecular flexibility index (Phi) is 4.31. The fourth-order valence-corrected chi connectivity index (χ4v) is 2.72. The summed E-state index contributed by atoms with van der Waals surface area (Å²) in [5.41, 5.74) is 0.254. The van der Waals surface area contributed by atoms with Crippen molar-refractivity contribution in [2.75, 3.05) is 18.5 Å². The number of anilines is 1. The van der Waals surface area contributed by atoms with E-state index in [1.54, 1.807) is 18.6 Å². The van der Waals surface area contributed by atoms with Gasteiger partial charge in [-0.1, -0.05) is 19.3 Å². The van der Waals surface area contributed by atoms with E-state index in [-0.39, 0.29) is 12.0 Å². The summed E-state index contributed by atoms with van der Waals surface area (Å²) in [6, 6.07) is 0. The number of aromatic nitrogens is 2. The minimum Gasteiger partial charge on any atom is -0.396 e. The highest BCUT2D eigenvalue weighted by molar-refractivity contribution is 5.30. The second kappa shape index (κ2) is 5.96.